The molecule has 0 spiro atoms. The van der Waals surface area contributed by atoms with E-state index in [1.807, 2.05) is 23.8 Å². The SMILES string of the molecule is CCC(OCc1ccc(-c2ccc(C(=O)O)cc2)c(C)c1)(c1cncs1)C1CCCCC1. The highest BCUT2D eigenvalue weighted by Crippen LogP contribution is 2.46. The smallest absolute Gasteiger partial charge is 0.335 e. The molecule has 168 valence electrons. The number of ether oxygens (including phenoxy) is 1. The Bertz CT molecular complexity index is 1040. The summed E-state index contributed by atoms with van der Waals surface area (Å²) in [6.07, 6.45) is 9.27. The molecule has 0 bridgehead atoms. The van der Waals surface area contributed by atoms with Gasteiger partial charge in [-0.15, -0.1) is 11.3 Å². The van der Waals surface area contributed by atoms with E-state index in [1.165, 1.54) is 37.0 Å². The maximum atomic E-state index is 11.1. The number of aryl methyl sites for hydroxylation is 1. The number of nitrogens with zero attached hydrogens (tertiary/aromatic N) is 1. The Morgan fingerprint density at radius 2 is 1.91 bits per heavy atom. The molecule has 3 aromatic rings. The van der Waals surface area contributed by atoms with E-state index < -0.39 is 5.97 Å². The van der Waals surface area contributed by atoms with Crippen LogP contribution in [0, 0.1) is 12.8 Å². The van der Waals surface area contributed by atoms with Crippen molar-refractivity contribution in [3.05, 3.63) is 75.7 Å². The molecule has 4 nitrogen and oxygen atoms in total. The minimum absolute atomic E-state index is 0.263. The lowest BCUT2D eigenvalue weighted by Crippen LogP contribution is -2.38. The molecule has 1 aromatic heterocycles. The first-order chi connectivity index (χ1) is 15.5. The van der Waals surface area contributed by atoms with Crippen LogP contribution in [0.2, 0.25) is 0 Å². The van der Waals surface area contributed by atoms with Gasteiger partial charge in [-0.25, -0.2) is 4.79 Å². The maximum Gasteiger partial charge on any atom is 0.335 e. The van der Waals surface area contributed by atoms with Crippen LogP contribution in [0.5, 0.6) is 0 Å². The van der Waals surface area contributed by atoms with Crippen LogP contribution in [0.15, 0.2) is 54.2 Å². The van der Waals surface area contributed by atoms with Gasteiger partial charge in [0.05, 0.1) is 22.6 Å². The topological polar surface area (TPSA) is 59.4 Å². The zero-order chi connectivity index (χ0) is 22.6. The highest BCUT2D eigenvalue weighted by Gasteiger charge is 2.41. The van der Waals surface area contributed by atoms with Crippen LogP contribution in [0.4, 0.5) is 0 Å². The van der Waals surface area contributed by atoms with E-state index in [0.29, 0.717) is 18.1 Å². The van der Waals surface area contributed by atoms with E-state index in [2.05, 4.69) is 37.0 Å². The summed E-state index contributed by atoms with van der Waals surface area (Å²) in [5.74, 6) is -0.367. The van der Waals surface area contributed by atoms with Crippen molar-refractivity contribution < 1.29 is 14.6 Å². The fraction of sp³-hybridized carbons (Fsp3) is 0.407. The quantitative estimate of drug-likeness (QED) is 0.394. The number of rotatable bonds is 8. The van der Waals surface area contributed by atoms with Crippen molar-refractivity contribution in [2.45, 2.75) is 64.6 Å². The number of aromatic nitrogens is 1. The molecule has 1 aliphatic carbocycles. The summed E-state index contributed by atoms with van der Waals surface area (Å²) in [7, 11) is 0. The fourth-order valence-electron chi connectivity index (χ4n) is 5.09. The molecule has 0 aliphatic heterocycles. The molecule has 5 heteroatoms. The molecule has 1 saturated carbocycles. The number of carbonyl (C=O) groups is 1. The van der Waals surface area contributed by atoms with Crippen LogP contribution < -0.4 is 0 Å². The van der Waals surface area contributed by atoms with E-state index in [0.717, 1.165) is 28.7 Å². The first-order valence-electron chi connectivity index (χ1n) is 11.5. The molecule has 0 radical (unpaired) electrons. The van der Waals surface area contributed by atoms with Crippen molar-refractivity contribution >= 4 is 17.3 Å². The Morgan fingerprint density at radius 3 is 2.50 bits per heavy atom. The van der Waals surface area contributed by atoms with Crippen LogP contribution in [0.1, 0.15) is 71.8 Å². The molecule has 2 aromatic carbocycles. The van der Waals surface area contributed by atoms with Crippen LogP contribution in [0.3, 0.4) is 0 Å². The monoisotopic (exact) mass is 449 g/mol. The molecular weight excluding hydrogens is 418 g/mol. The average Bonchev–Trinajstić information content (AvgIpc) is 3.36. The Kier molecular flexibility index (Phi) is 7.07. The lowest BCUT2D eigenvalue weighted by molar-refractivity contribution is -0.113. The van der Waals surface area contributed by atoms with E-state index in [9.17, 15) is 4.79 Å². The van der Waals surface area contributed by atoms with Gasteiger partial charge in [-0.3, -0.25) is 4.98 Å². The minimum Gasteiger partial charge on any atom is -0.478 e. The minimum atomic E-state index is -0.904. The summed E-state index contributed by atoms with van der Waals surface area (Å²) in [4.78, 5) is 16.7. The van der Waals surface area contributed by atoms with Gasteiger partial charge in [0.15, 0.2) is 0 Å². The van der Waals surface area contributed by atoms with Crippen molar-refractivity contribution in [2.24, 2.45) is 5.92 Å². The number of hydrogen-bond acceptors (Lipinski definition) is 4. The van der Waals surface area contributed by atoms with Crippen LogP contribution in [-0.2, 0) is 16.9 Å². The third-order valence-corrected chi connectivity index (χ3v) is 7.80. The van der Waals surface area contributed by atoms with Gasteiger partial charge in [0.1, 0.15) is 5.60 Å². The average molecular weight is 450 g/mol. The second kappa shape index (κ2) is 9.97. The van der Waals surface area contributed by atoms with Gasteiger partial charge >= 0.3 is 5.97 Å². The Labute approximate surface area is 194 Å². The van der Waals surface area contributed by atoms with E-state index in [-0.39, 0.29) is 5.60 Å². The number of thiazole rings is 1. The first-order valence-corrected chi connectivity index (χ1v) is 12.4. The van der Waals surface area contributed by atoms with E-state index >= 15 is 0 Å². The highest BCUT2D eigenvalue weighted by atomic mass is 32.1. The van der Waals surface area contributed by atoms with Crippen LogP contribution in [-0.4, -0.2) is 16.1 Å². The van der Waals surface area contributed by atoms with Gasteiger partial charge in [0.2, 0.25) is 0 Å². The Hall–Kier alpha value is -2.50. The summed E-state index contributed by atoms with van der Waals surface area (Å²) in [5, 5.41) is 9.13. The molecule has 0 amide bonds. The molecule has 0 saturated heterocycles. The van der Waals surface area contributed by atoms with Gasteiger partial charge in [0, 0.05) is 6.20 Å². The molecule has 1 unspecified atom stereocenters. The number of carboxylic acid groups (broad SMARTS) is 1. The molecule has 32 heavy (non-hydrogen) atoms. The second-order valence-corrected chi connectivity index (χ2v) is 9.65. The van der Waals surface area contributed by atoms with Crippen LogP contribution >= 0.6 is 11.3 Å². The van der Waals surface area contributed by atoms with Gasteiger partial charge in [-0.1, -0.05) is 56.5 Å². The summed E-state index contributed by atoms with van der Waals surface area (Å²) in [6.45, 7) is 4.91. The zero-order valence-corrected chi connectivity index (χ0v) is 19.7. The Morgan fingerprint density at radius 1 is 1.16 bits per heavy atom. The molecule has 1 fully saturated rings. The van der Waals surface area contributed by atoms with Crippen molar-refractivity contribution in [1.82, 2.24) is 4.98 Å². The van der Waals surface area contributed by atoms with Crippen molar-refractivity contribution in [3.8, 4) is 11.1 Å². The first kappa shape index (κ1) is 22.7. The molecule has 1 aliphatic rings. The van der Waals surface area contributed by atoms with E-state index in [4.69, 9.17) is 9.84 Å². The lowest BCUT2D eigenvalue weighted by atomic mass is 9.74. The summed E-state index contributed by atoms with van der Waals surface area (Å²) in [5.41, 5.74) is 6.41. The van der Waals surface area contributed by atoms with Crippen molar-refractivity contribution in [2.75, 3.05) is 0 Å². The third kappa shape index (κ3) is 4.64. The predicted molar refractivity (Wildman–Crippen MR) is 129 cm³/mol. The maximum absolute atomic E-state index is 11.1. The molecule has 4 rings (SSSR count). The standard InChI is InChI=1S/C27H31NO3S/c1-3-27(25-16-28-18-32-25,23-7-5-4-6-8-23)31-17-20-9-14-24(19(2)15-20)21-10-12-22(13-11-21)26(29)30/h9-16,18,23H,3-8,17H2,1-2H3,(H,29,30). The van der Waals surface area contributed by atoms with Crippen molar-refractivity contribution in [1.29, 1.82) is 0 Å². The number of aromatic carboxylic acids is 1. The third-order valence-electron chi connectivity index (χ3n) is 6.87. The number of carboxylic acids is 1. The highest BCUT2D eigenvalue weighted by molar-refractivity contribution is 7.09. The summed E-state index contributed by atoms with van der Waals surface area (Å²) < 4.78 is 6.80. The van der Waals surface area contributed by atoms with Crippen LogP contribution in [0.25, 0.3) is 11.1 Å². The van der Waals surface area contributed by atoms with Gasteiger partial charge in [0.25, 0.3) is 0 Å². The molecule has 1 atom stereocenters. The molecule has 1 N–H and O–H groups in total. The van der Waals surface area contributed by atoms with Gasteiger partial charge in [-0.2, -0.15) is 0 Å². The zero-order valence-electron chi connectivity index (χ0n) is 18.8. The fourth-order valence-corrected chi connectivity index (χ4v) is 6.02. The van der Waals surface area contributed by atoms with E-state index in [1.54, 1.807) is 23.5 Å². The summed E-state index contributed by atoms with van der Waals surface area (Å²) >= 11 is 1.71. The number of hydrogen-bond donors (Lipinski definition) is 1. The normalized spacial score (nSPS) is 16.6. The summed E-state index contributed by atoms with van der Waals surface area (Å²) in [6, 6.07) is 13.5. The Balaban J connectivity index is 1.55. The number of benzene rings is 2. The van der Waals surface area contributed by atoms with Gasteiger partial charge in [-0.05, 0) is 66.5 Å². The largest absolute Gasteiger partial charge is 0.478 e. The van der Waals surface area contributed by atoms with Gasteiger partial charge < -0.3 is 9.84 Å². The molecule has 1 heterocycles. The second-order valence-electron chi connectivity index (χ2n) is 8.76. The molecular formula is C27H31NO3S. The lowest BCUT2D eigenvalue weighted by Gasteiger charge is -2.41. The predicted octanol–water partition coefficient (Wildman–Crippen LogP) is 7.22. The van der Waals surface area contributed by atoms with Crippen molar-refractivity contribution in [3.63, 3.8) is 0 Å².